The normalized spacial score (nSPS) is 13.6. The molecule has 0 saturated heterocycles. The molecule has 9 aromatic carbocycles. The number of benzene rings is 9. The lowest BCUT2D eigenvalue weighted by Gasteiger charge is -2.23. The Bertz CT molecular complexity index is 3320. The molecule has 2 heterocycles. The topological polar surface area (TPSA) is 13.1 Å². The number of rotatable bonds is 2. The van der Waals surface area contributed by atoms with Gasteiger partial charge in [0.25, 0.3) is 0 Å². The van der Waals surface area contributed by atoms with E-state index in [4.69, 9.17) is 4.42 Å². The van der Waals surface area contributed by atoms with Crippen molar-refractivity contribution in [3.8, 4) is 33.4 Å². The van der Waals surface area contributed by atoms with E-state index < -0.39 is 0 Å². The van der Waals surface area contributed by atoms with Crippen LogP contribution in [0.3, 0.4) is 0 Å². The average molecular weight is 693 g/mol. The van der Waals surface area contributed by atoms with Gasteiger partial charge in [0.05, 0.1) is 0 Å². The van der Waals surface area contributed by atoms with Crippen LogP contribution in [0.25, 0.3) is 108 Å². The standard InChI is InChI=1S/C51H32OS/c1-51(2)41-25-26-45-49(40-24-19-29-11-3-4-12-32(29)50(40)53-45)48(41)39-23-21-30(27-42(39)51)46-35-14-5-7-16-37(35)47(38-17-8-6-15-36(38)46)31-20-22-34-33-13-9-10-18-43(33)52-44(34)28-31/h3-28H,1-2H3. The number of hydrogen-bond donors (Lipinski definition) is 0. The largest absolute Gasteiger partial charge is 0.456 e. The zero-order valence-electron chi connectivity index (χ0n) is 29.3. The molecule has 0 spiro atoms. The molecule has 1 aliphatic carbocycles. The van der Waals surface area contributed by atoms with Gasteiger partial charge in [-0.05, 0) is 107 Å². The third kappa shape index (κ3) is 3.91. The summed E-state index contributed by atoms with van der Waals surface area (Å²) in [6.07, 6.45) is 0. The molecule has 248 valence electrons. The Kier molecular flexibility index (Phi) is 5.78. The van der Waals surface area contributed by atoms with Crippen molar-refractivity contribution >= 4 is 85.8 Å². The molecule has 0 radical (unpaired) electrons. The molecule has 0 amide bonds. The molecule has 0 unspecified atom stereocenters. The maximum absolute atomic E-state index is 6.39. The first kappa shape index (κ1) is 29.4. The fraction of sp³-hybridized carbons (Fsp3) is 0.0588. The second kappa shape index (κ2) is 10.4. The van der Waals surface area contributed by atoms with Crippen LogP contribution in [0.2, 0.25) is 0 Å². The molecule has 1 aliphatic rings. The quantitative estimate of drug-likeness (QED) is 0.164. The van der Waals surface area contributed by atoms with Gasteiger partial charge in [-0.1, -0.05) is 141 Å². The van der Waals surface area contributed by atoms with E-state index in [0.717, 1.165) is 21.9 Å². The predicted octanol–water partition coefficient (Wildman–Crippen LogP) is 15.1. The summed E-state index contributed by atoms with van der Waals surface area (Å²) >= 11 is 1.93. The Labute approximate surface area is 310 Å². The number of hydrogen-bond acceptors (Lipinski definition) is 2. The van der Waals surface area contributed by atoms with Crippen LogP contribution in [0.15, 0.2) is 162 Å². The molecule has 0 fully saturated rings. The van der Waals surface area contributed by atoms with Gasteiger partial charge in [0.1, 0.15) is 11.2 Å². The maximum Gasteiger partial charge on any atom is 0.136 e. The lowest BCUT2D eigenvalue weighted by Crippen LogP contribution is -2.15. The molecule has 0 N–H and O–H groups in total. The fourth-order valence-electron chi connectivity index (χ4n) is 9.61. The monoisotopic (exact) mass is 692 g/mol. The highest BCUT2D eigenvalue weighted by Gasteiger charge is 2.37. The Morgan fingerprint density at radius 2 is 1.02 bits per heavy atom. The first-order valence-electron chi connectivity index (χ1n) is 18.4. The summed E-state index contributed by atoms with van der Waals surface area (Å²) in [4.78, 5) is 0. The minimum Gasteiger partial charge on any atom is -0.456 e. The summed E-state index contributed by atoms with van der Waals surface area (Å²) < 4.78 is 9.12. The third-order valence-corrected chi connectivity index (χ3v) is 13.3. The molecule has 2 heteroatoms. The molecule has 2 aromatic heterocycles. The maximum atomic E-state index is 6.39. The molecular weight excluding hydrogens is 661 g/mol. The Morgan fingerprint density at radius 3 is 1.75 bits per heavy atom. The summed E-state index contributed by atoms with van der Waals surface area (Å²) in [5.41, 5.74) is 12.2. The van der Waals surface area contributed by atoms with Gasteiger partial charge in [-0.2, -0.15) is 0 Å². The molecule has 53 heavy (non-hydrogen) atoms. The van der Waals surface area contributed by atoms with Crippen molar-refractivity contribution < 1.29 is 4.42 Å². The minimum atomic E-state index is -0.145. The summed E-state index contributed by atoms with van der Waals surface area (Å²) in [5, 5.41) is 12.7. The second-order valence-electron chi connectivity index (χ2n) is 15.2. The zero-order chi connectivity index (χ0) is 35.0. The van der Waals surface area contributed by atoms with E-state index in [1.54, 1.807) is 0 Å². The van der Waals surface area contributed by atoms with Crippen molar-refractivity contribution in [2.45, 2.75) is 19.3 Å². The van der Waals surface area contributed by atoms with E-state index in [0.29, 0.717) is 0 Å². The predicted molar refractivity (Wildman–Crippen MR) is 228 cm³/mol. The molecule has 0 saturated carbocycles. The number of fused-ring (bicyclic) bond motifs is 14. The van der Waals surface area contributed by atoms with E-state index in [1.165, 1.54) is 97.0 Å². The fourth-order valence-corrected chi connectivity index (χ4v) is 10.9. The van der Waals surface area contributed by atoms with Crippen LogP contribution in [0, 0.1) is 0 Å². The van der Waals surface area contributed by atoms with Crippen LogP contribution in [0.1, 0.15) is 25.0 Å². The van der Waals surface area contributed by atoms with Gasteiger partial charge in [0, 0.05) is 36.4 Å². The van der Waals surface area contributed by atoms with Crippen molar-refractivity contribution in [1.82, 2.24) is 0 Å². The third-order valence-electron chi connectivity index (χ3n) is 12.1. The highest BCUT2D eigenvalue weighted by molar-refractivity contribution is 7.26. The van der Waals surface area contributed by atoms with Crippen LogP contribution in [-0.2, 0) is 5.41 Å². The Balaban J connectivity index is 1.10. The number of thiophene rings is 1. The van der Waals surface area contributed by atoms with Crippen LogP contribution in [0.4, 0.5) is 0 Å². The molecule has 0 atom stereocenters. The molecule has 12 rings (SSSR count). The van der Waals surface area contributed by atoms with Crippen LogP contribution < -0.4 is 0 Å². The summed E-state index contributed by atoms with van der Waals surface area (Å²) in [5.74, 6) is 0. The van der Waals surface area contributed by atoms with Crippen molar-refractivity contribution in [2.24, 2.45) is 0 Å². The lowest BCUT2D eigenvalue weighted by molar-refractivity contribution is 0.661. The Hall–Kier alpha value is -6.22. The molecule has 1 nitrogen and oxygen atoms in total. The average Bonchev–Trinajstić information content (AvgIpc) is 3.84. The van der Waals surface area contributed by atoms with Crippen molar-refractivity contribution in [3.63, 3.8) is 0 Å². The Morgan fingerprint density at radius 1 is 0.434 bits per heavy atom. The van der Waals surface area contributed by atoms with Gasteiger partial charge in [0.15, 0.2) is 0 Å². The van der Waals surface area contributed by atoms with Crippen LogP contribution >= 0.6 is 11.3 Å². The van der Waals surface area contributed by atoms with Gasteiger partial charge in [-0.25, -0.2) is 0 Å². The van der Waals surface area contributed by atoms with Crippen LogP contribution in [-0.4, -0.2) is 0 Å². The molecule has 0 aliphatic heterocycles. The van der Waals surface area contributed by atoms with Gasteiger partial charge >= 0.3 is 0 Å². The van der Waals surface area contributed by atoms with E-state index in [9.17, 15) is 0 Å². The van der Waals surface area contributed by atoms with Crippen molar-refractivity contribution in [3.05, 3.63) is 169 Å². The van der Waals surface area contributed by atoms with Gasteiger partial charge in [0.2, 0.25) is 0 Å². The summed E-state index contributed by atoms with van der Waals surface area (Å²) in [7, 11) is 0. The van der Waals surface area contributed by atoms with Crippen LogP contribution in [0.5, 0.6) is 0 Å². The lowest BCUT2D eigenvalue weighted by atomic mass is 9.80. The molecule has 0 bridgehead atoms. The summed E-state index contributed by atoms with van der Waals surface area (Å²) in [6, 6.07) is 58.4. The first-order chi connectivity index (χ1) is 26.0. The smallest absolute Gasteiger partial charge is 0.136 e. The van der Waals surface area contributed by atoms with Gasteiger partial charge in [-0.15, -0.1) is 11.3 Å². The number of para-hydroxylation sites is 1. The highest BCUT2D eigenvalue weighted by Crippen LogP contribution is 2.56. The SMILES string of the molecule is CC1(C)c2cc(-c3c4ccccc4c(-c4ccc5c(c4)oc4ccccc45)c4ccccc34)ccc2-c2c1ccc1sc3c4ccccc4ccc3c21. The van der Waals surface area contributed by atoms with Gasteiger partial charge in [-0.3, -0.25) is 0 Å². The van der Waals surface area contributed by atoms with E-state index in [2.05, 4.69) is 166 Å². The molecule has 11 aromatic rings. The van der Waals surface area contributed by atoms with Crippen molar-refractivity contribution in [2.75, 3.05) is 0 Å². The minimum absolute atomic E-state index is 0.145. The summed E-state index contributed by atoms with van der Waals surface area (Å²) in [6.45, 7) is 4.81. The van der Waals surface area contributed by atoms with Gasteiger partial charge < -0.3 is 4.42 Å². The van der Waals surface area contributed by atoms with E-state index in [-0.39, 0.29) is 5.41 Å². The first-order valence-corrected chi connectivity index (χ1v) is 19.2. The molecular formula is C51H32OS. The highest BCUT2D eigenvalue weighted by atomic mass is 32.1. The zero-order valence-corrected chi connectivity index (χ0v) is 30.1. The van der Waals surface area contributed by atoms with Crippen molar-refractivity contribution in [1.29, 1.82) is 0 Å². The number of furan rings is 1. The van der Waals surface area contributed by atoms with E-state index in [1.807, 2.05) is 17.4 Å². The second-order valence-corrected chi connectivity index (χ2v) is 16.2. The van der Waals surface area contributed by atoms with E-state index >= 15 is 0 Å².